The molecule has 1 saturated carbocycles. The van der Waals surface area contributed by atoms with E-state index in [1.165, 1.54) is 30.5 Å². The van der Waals surface area contributed by atoms with E-state index < -0.39 is 0 Å². The molecule has 62 valence electrons. The Bertz CT molecular complexity index is 277. The lowest BCUT2D eigenvalue weighted by atomic mass is 10.1. The van der Waals surface area contributed by atoms with Crippen LogP contribution in [0.25, 0.3) is 0 Å². The number of anilines is 1. The Morgan fingerprint density at radius 3 is 2.75 bits per heavy atom. The van der Waals surface area contributed by atoms with Crippen LogP contribution >= 0.6 is 0 Å². The summed E-state index contributed by atoms with van der Waals surface area (Å²) in [6.45, 7) is 0. The molecule has 0 unspecified atom stereocenters. The molecule has 0 spiro atoms. The summed E-state index contributed by atoms with van der Waals surface area (Å²) in [5.41, 5.74) is 2.88. The molecule has 0 saturated heterocycles. The van der Waals surface area contributed by atoms with E-state index in [0.717, 1.165) is 12.0 Å². The fraction of sp³-hybridized carbons (Fsp3) is 0.455. The van der Waals surface area contributed by atoms with E-state index in [-0.39, 0.29) is 0 Å². The molecule has 1 heterocycles. The lowest BCUT2D eigenvalue weighted by Crippen LogP contribution is -2.17. The minimum atomic E-state index is 0.752. The maximum absolute atomic E-state index is 3.60. The Morgan fingerprint density at radius 1 is 1.17 bits per heavy atom. The van der Waals surface area contributed by atoms with E-state index in [9.17, 15) is 0 Å². The van der Waals surface area contributed by atoms with Crippen LogP contribution < -0.4 is 5.32 Å². The Hall–Kier alpha value is -0.980. The maximum atomic E-state index is 3.60. The standard InChI is InChI=1S/C11H13N/c1-2-4-10-9(3-1)7-11(12-10)8-5-6-8/h1-4,8,11-12H,5-7H2/t11-/m0/s1. The first-order valence-corrected chi connectivity index (χ1v) is 4.78. The molecule has 0 radical (unpaired) electrons. The number of hydrogen-bond donors (Lipinski definition) is 1. The molecule has 2 aliphatic rings. The smallest absolute Gasteiger partial charge is 0.0375 e. The van der Waals surface area contributed by atoms with E-state index in [4.69, 9.17) is 0 Å². The van der Waals surface area contributed by atoms with Crippen LogP contribution in [0.5, 0.6) is 0 Å². The van der Waals surface area contributed by atoms with Crippen LogP contribution in [0.4, 0.5) is 5.69 Å². The summed E-state index contributed by atoms with van der Waals surface area (Å²) >= 11 is 0. The minimum Gasteiger partial charge on any atom is -0.381 e. The van der Waals surface area contributed by atoms with Crippen molar-refractivity contribution in [2.75, 3.05) is 5.32 Å². The zero-order valence-electron chi connectivity index (χ0n) is 7.09. The van der Waals surface area contributed by atoms with Crippen LogP contribution in [0.2, 0.25) is 0 Å². The van der Waals surface area contributed by atoms with Gasteiger partial charge in [-0.2, -0.15) is 0 Å². The summed E-state index contributed by atoms with van der Waals surface area (Å²) in [4.78, 5) is 0. The molecular weight excluding hydrogens is 146 g/mol. The lowest BCUT2D eigenvalue weighted by Gasteiger charge is -2.07. The fourth-order valence-electron chi connectivity index (χ4n) is 2.11. The first-order valence-electron chi connectivity index (χ1n) is 4.78. The summed E-state index contributed by atoms with van der Waals surface area (Å²) in [5.74, 6) is 0.970. The Morgan fingerprint density at radius 2 is 2.00 bits per heavy atom. The highest BCUT2D eigenvalue weighted by Gasteiger charge is 2.34. The molecule has 1 heteroatoms. The van der Waals surface area contributed by atoms with Gasteiger partial charge in [-0.3, -0.25) is 0 Å². The zero-order valence-corrected chi connectivity index (χ0v) is 7.09. The molecule has 12 heavy (non-hydrogen) atoms. The maximum Gasteiger partial charge on any atom is 0.0375 e. The summed E-state index contributed by atoms with van der Waals surface area (Å²) in [5, 5.41) is 3.60. The van der Waals surface area contributed by atoms with E-state index in [2.05, 4.69) is 29.6 Å². The third-order valence-corrected chi connectivity index (χ3v) is 2.99. The third-order valence-electron chi connectivity index (χ3n) is 2.99. The number of nitrogens with one attached hydrogen (secondary N) is 1. The molecule has 0 aromatic heterocycles. The number of hydrogen-bond acceptors (Lipinski definition) is 1. The molecule has 1 N–H and O–H groups in total. The van der Waals surface area contributed by atoms with Gasteiger partial charge in [0.1, 0.15) is 0 Å². The number of para-hydroxylation sites is 1. The summed E-state index contributed by atoms with van der Waals surface area (Å²) in [6, 6.07) is 9.43. The second-order valence-electron chi connectivity index (χ2n) is 3.95. The Labute approximate surface area is 72.8 Å². The van der Waals surface area contributed by atoms with Crippen molar-refractivity contribution in [1.29, 1.82) is 0 Å². The SMILES string of the molecule is c1ccc2c(c1)C[C@@H](C1CC1)N2. The molecule has 1 atom stereocenters. The van der Waals surface area contributed by atoms with Crippen LogP contribution in [0, 0.1) is 5.92 Å². The highest BCUT2D eigenvalue weighted by Crippen LogP contribution is 2.39. The van der Waals surface area contributed by atoms with Gasteiger partial charge in [0.05, 0.1) is 0 Å². The van der Waals surface area contributed by atoms with Gasteiger partial charge in [0.15, 0.2) is 0 Å². The molecule has 0 bridgehead atoms. The zero-order chi connectivity index (χ0) is 7.97. The largest absolute Gasteiger partial charge is 0.381 e. The van der Waals surface area contributed by atoms with Crippen molar-refractivity contribution in [3.05, 3.63) is 29.8 Å². The first-order chi connectivity index (χ1) is 5.93. The first kappa shape index (κ1) is 6.53. The summed E-state index contributed by atoms with van der Waals surface area (Å²) in [6.07, 6.45) is 4.12. The van der Waals surface area contributed by atoms with Crippen molar-refractivity contribution >= 4 is 5.69 Å². The quantitative estimate of drug-likeness (QED) is 0.663. The average Bonchev–Trinajstić information content (AvgIpc) is 2.85. The van der Waals surface area contributed by atoms with Gasteiger partial charge in [-0.05, 0) is 36.8 Å². The molecule has 0 amide bonds. The van der Waals surface area contributed by atoms with Gasteiger partial charge in [0.25, 0.3) is 0 Å². The molecule has 3 rings (SSSR count). The normalized spacial score (nSPS) is 26.5. The lowest BCUT2D eigenvalue weighted by molar-refractivity contribution is 0.660. The topological polar surface area (TPSA) is 12.0 Å². The number of rotatable bonds is 1. The van der Waals surface area contributed by atoms with Crippen molar-refractivity contribution in [2.24, 2.45) is 5.92 Å². The second kappa shape index (κ2) is 2.25. The van der Waals surface area contributed by atoms with Gasteiger partial charge in [-0.25, -0.2) is 0 Å². The van der Waals surface area contributed by atoms with Crippen LogP contribution in [0.3, 0.4) is 0 Å². The van der Waals surface area contributed by atoms with Gasteiger partial charge in [-0.15, -0.1) is 0 Å². The Balaban J connectivity index is 1.89. The van der Waals surface area contributed by atoms with Gasteiger partial charge in [-0.1, -0.05) is 18.2 Å². The van der Waals surface area contributed by atoms with Crippen molar-refractivity contribution < 1.29 is 0 Å². The van der Waals surface area contributed by atoms with E-state index in [1.54, 1.807) is 0 Å². The highest BCUT2D eigenvalue weighted by molar-refractivity contribution is 5.56. The third kappa shape index (κ3) is 0.927. The number of benzene rings is 1. The molecule has 1 aromatic rings. The van der Waals surface area contributed by atoms with E-state index in [1.807, 2.05) is 0 Å². The van der Waals surface area contributed by atoms with Gasteiger partial charge in [0, 0.05) is 11.7 Å². The van der Waals surface area contributed by atoms with Crippen molar-refractivity contribution in [2.45, 2.75) is 25.3 Å². The molecule has 1 nitrogen and oxygen atoms in total. The van der Waals surface area contributed by atoms with E-state index in [0.29, 0.717) is 0 Å². The van der Waals surface area contributed by atoms with Crippen molar-refractivity contribution in [3.8, 4) is 0 Å². The predicted octanol–water partition coefficient (Wildman–Crippen LogP) is 2.43. The minimum absolute atomic E-state index is 0.752. The Kier molecular flexibility index (Phi) is 1.23. The van der Waals surface area contributed by atoms with Gasteiger partial charge in [0.2, 0.25) is 0 Å². The summed E-state index contributed by atoms with van der Waals surface area (Å²) in [7, 11) is 0. The van der Waals surface area contributed by atoms with E-state index >= 15 is 0 Å². The van der Waals surface area contributed by atoms with Crippen LogP contribution in [-0.2, 0) is 6.42 Å². The van der Waals surface area contributed by atoms with Crippen LogP contribution in [0.15, 0.2) is 24.3 Å². The molecule has 1 aromatic carbocycles. The second-order valence-corrected chi connectivity index (χ2v) is 3.95. The van der Waals surface area contributed by atoms with Crippen molar-refractivity contribution in [3.63, 3.8) is 0 Å². The average molecular weight is 159 g/mol. The molecular formula is C11H13N. The number of fused-ring (bicyclic) bond motifs is 1. The van der Waals surface area contributed by atoms with Crippen LogP contribution in [-0.4, -0.2) is 6.04 Å². The van der Waals surface area contributed by atoms with Gasteiger partial charge < -0.3 is 5.32 Å². The van der Waals surface area contributed by atoms with Crippen LogP contribution in [0.1, 0.15) is 18.4 Å². The summed E-state index contributed by atoms with van der Waals surface area (Å²) < 4.78 is 0. The fourth-order valence-corrected chi connectivity index (χ4v) is 2.11. The molecule has 1 aliphatic carbocycles. The monoisotopic (exact) mass is 159 g/mol. The molecule has 1 fully saturated rings. The predicted molar refractivity (Wildman–Crippen MR) is 50.3 cm³/mol. The molecule has 1 aliphatic heterocycles. The van der Waals surface area contributed by atoms with Crippen molar-refractivity contribution in [1.82, 2.24) is 0 Å². The van der Waals surface area contributed by atoms with Gasteiger partial charge >= 0.3 is 0 Å². The highest BCUT2D eigenvalue weighted by atomic mass is 15.0.